The van der Waals surface area contributed by atoms with Crippen LogP contribution in [-0.4, -0.2) is 34.9 Å². The molecule has 4 nitrogen and oxygen atoms in total. The van der Waals surface area contributed by atoms with Crippen molar-refractivity contribution in [3.63, 3.8) is 0 Å². The van der Waals surface area contributed by atoms with Gasteiger partial charge in [-0.05, 0) is 37.9 Å². The zero-order chi connectivity index (χ0) is 15.7. The summed E-state index contributed by atoms with van der Waals surface area (Å²) in [4.78, 5) is 19.0. The van der Waals surface area contributed by atoms with Crippen molar-refractivity contribution in [2.75, 3.05) is 13.1 Å². The summed E-state index contributed by atoms with van der Waals surface area (Å²) in [7, 11) is 0. The molecule has 116 valence electrons. The number of benzene rings is 1. The number of carbonyl (C=O) groups excluding carboxylic acids is 1. The molecule has 3 rings (SSSR count). The van der Waals surface area contributed by atoms with E-state index in [9.17, 15) is 4.79 Å². The third-order valence-electron chi connectivity index (χ3n) is 4.05. The molecule has 1 aliphatic rings. The molecular formula is C16H18ClN3OS. The van der Waals surface area contributed by atoms with Gasteiger partial charge in [-0.3, -0.25) is 4.79 Å². The van der Waals surface area contributed by atoms with Crippen molar-refractivity contribution in [2.45, 2.75) is 19.4 Å². The minimum Gasteiger partial charge on any atom is -0.334 e. The Bertz CT molecular complexity index is 688. The largest absolute Gasteiger partial charge is 0.334 e. The molecule has 0 radical (unpaired) electrons. The number of carbonyl (C=O) groups is 1. The lowest BCUT2D eigenvalue weighted by Crippen LogP contribution is -2.34. The first kappa shape index (κ1) is 15.5. The van der Waals surface area contributed by atoms with Gasteiger partial charge in [0.05, 0.1) is 0 Å². The number of likely N-dealkylation sites (tertiary alicyclic amines) is 1. The van der Waals surface area contributed by atoms with E-state index in [1.54, 1.807) is 0 Å². The number of thiazole rings is 1. The fourth-order valence-corrected chi connectivity index (χ4v) is 3.85. The highest BCUT2D eigenvalue weighted by atomic mass is 35.5. The van der Waals surface area contributed by atoms with Crippen LogP contribution in [0.3, 0.4) is 0 Å². The Morgan fingerprint density at radius 1 is 1.55 bits per heavy atom. The molecule has 2 aromatic rings. The minimum absolute atomic E-state index is 0.00650. The molecule has 1 aromatic carbocycles. The summed E-state index contributed by atoms with van der Waals surface area (Å²) in [6, 6.07) is 7.73. The minimum atomic E-state index is -0.00650. The predicted molar refractivity (Wildman–Crippen MR) is 90.2 cm³/mol. The molecule has 2 heterocycles. The summed E-state index contributed by atoms with van der Waals surface area (Å²) < 4.78 is 0. The van der Waals surface area contributed by atoms with Crippen molar-refractivity contribution < 1.29 is 4.79 Å². The third kappa shape index (κ3) is 3.02. The number of nitrogens with two attached hydrogens (primary N) is 1. The first-order valence-electron chi connectivity index (χ1n) is 7.31. The maximum Gasteiger partial charge on any atom is 0.273 e. The molecule has 1 aliphatic heterocycles. The summed E-state index contributed by atoms with van der Waals surface area (Å²) >= 11 is 7.47. The molecule has 0 aliphatic carbocycles. The molecule has 1 amide bonds. The van der Waals surface area contributed by atoms with Crippen molar-refractivity contribution >= 4 is 28.8 Å². The van der Waals surface area contributed by atoms with E-state index in [0.29, 0.717) is 23.2 Å². The highest BCUT2D eigenvalue weighted by Gasteiger charge is 2.33. The molecule has 1 fully saturated rings. The highest BCUT2D eigenvalue weighted by molar-refractivity contribution is 7.13. The van der Waals surface area contributed by atoms with Gasteiger partial charge in [0.15, 0.2) is 0 Å². The van der Waals surface area contributed by atoms with Crippen molar-refractivity contribution in [3.8, 4) is 10.6 Å². The van der Waals surface area contributed by atoms with Gasteiger partial charge < -0.3 is 10.6 Å². The van der Waals surface area contributed by atoms with E-state index in [4.69, 9.17) is 17.3 Å². The van der Waals surface area contributed by atoms with E-state index < -0.39 is 0 Å². The van der Waals surface area contributed by atoms with Crippen molar-refractivity contribution in [1.29, 1.82) is 0 Å². The smallest absolute Gasteiger partial charge is 0.273 e. The Hall–Kier alpha value is -1.43. The average molecular weight is 336 g/mol. The number of aromatic nitrogens is 1. The summed E-state index contributed by atoms with van der Waals surface area (Å²) in [6.45, 7) is 3.41. The SMILES string of the molecule is CC1CC(CN)CN1C(=O)c1csc(-c2cccc(Cl)c2)n1. The Morgan fingerprint density at radius 2 is 2.36 bits per heavy atom. The maximum absolute atomic E-state index is 12.6. The molecule has 0 saturated carbocycles. The van der Waals surface area contributed by atoms with Crippen molar-refractivity contribution in [1.82, 2.24) is 9.88 Å². The monoisotopic (exact) mass is 335 g/mol. The zero-order valence-electron chi connectivity index (χ0n) is 12.3. The second-order valence-electron chi connectivity index (χ2n) is 5.69. The molecule has 0 bridgehead atoms. The van der Waals surface area contributed by atoms with Crippen LogP contribution in [0.25, 0.3) is 10.6 Å². The summed E-state index contributed by atoms with van der Waals surface area (Å²) in [5.74, 6) is 0.387. The van der Waals surface area contributed by atoms with Crippen LogP contribution in [0.1, 0.15) is 23.8 Å². The molecule has 2 unspecified atom stereocenters. The van der Waals surface area contributed by atoms with E-state index in [1.165, 1.54) is 11.3 Å². The Labute approximate surface area is 138 Å². The Kier molecular flexibility index (Phi) is 4.47. The van der Waals surface area contributed by atoms with Crippen molar-refractivity contribution in [2.24, 2.45) is 11.7 Å². The number of rotatable bonds is 3. The summed E-state index contributed by atoms with van der Waals surface area (Å²) in [6.07, 6.45) is 0.966. The zero-order valence-corrected chi connectivity index (χ0v) is 13.9. The van der Waals surface area contributed by atoms with E-state index in [1.807, 2.05) is 34.5 Å². The lowest BCUT2D eigenvalue weighted by atomic mass is 10.1. The molecule has 2 atom stereocenters. The number of amides is 1. The predicted octanol–water partition coefficient (Wildman–Crippen LogP) is 3.27. The Balaban J connectivity index is 1.80. The van der Waals surface area contributed by atoms with Crippen LogP contribution >= 0.6 is 22.9 Å². The fourth-order valence-electron chi connectivity index (χ4n) is 2.87. The van der Waals surface area contributed by atoms with Crippen LogP contribution in [0.4, 0.5) is 0 Å². The molecule has 1 saturated heterocycles. The summed E-state index contributed by atoms with van der Waals surface area (Å²) in [5, 5.41) is 3.30. The highest BCUT2D eigenvalue weighted by Crippen LogP contribution is 2.28. The van der Waals surface area contributed by atoms with Crippen molar-refractivity contribution in [3.05, 3.63) is 40.4 Å². The van der Waals surface area contributed by atoms with Crippen LogP contribution in [0.2, 0.25) is 5.02 Å². The fraction of sp³-hybridized carbons (Fsp3) is 0.375. The van der Waals surface area contributed by atoms with E-state index in [2.05, 4.69) is 11.9 Å². The van der Waals surface area contributed by atoms with Gasteiger partial charge in [-0.1, -0.05) is 23.7 Å². The van der Waals surface area contributed by atoms with Gasteiger partial charge in [0, 0.05) is 28.6 Å². The molecule has 22 heavy (non-hydrogen) atoms. The van der Waals surface area contributed by atoms with Crippen LogP contribution in [0, 0.1) is 5.92 Å². The van der Waals surface area contributed by atoms with E-state index in [-0.39, 0.29) is 11.9 Å². The quantitative estimate of drug-likeness (QED) is 0.936. The lowest BCUT2D eigenvalue weighted by Gasteiger charge is -2.20. The molecular weight excluding hydrogens is 318 g/mol. The van der Waals surface area contributed by atoms with Crippen LogP contribution < -0.4 is 5.73 Å². The van der Waals surface area contributed by atoms with Crippen LogP contribution in [0.5, 0.6) is 0 Å². The third-order valence-corrected chi connectivity index (χ3v) is 5.18. The number of nitrogens with zero attached hydrogens (tertiary/aromatic N) is 2. The van der Waals surface area contributed by atoms with E-state index >= 15 is 0 Å². The molecule has 1 aromatic heterocycles. The van der Waals surface area contributed by atoms with Gasteiger partial charge in [0.2, 0.25) is 0 Å². The second kappa shape index (κ2) is 6.36. The molecule has 2 N–H and O–H groups in total. The first-order valence-corrected chi connectivity index (χ1v) is 8.56. The van der Waals surface area contributed by atoms with Gasteiger partial charge in [0.25, 0.3) is 5.91 Å². The standard InChI is InChI=1S/C16H18ClN3OS/c1-10-5-11(7-18)8-20(10)16(21)14-9-22-15(19-14)12-3-2-4-13(17)6-12/h2-4,6,9-11H,5,7-8,18H2,1H3. The van der Waals surface area contributed by atoms with E-state index in [0.717, 1.165) is 23.5 Å². The maximum atomic E-state index is 12.6. The topological polar surface area (TPSA) is 59.2 Å². The normalized spacial score (nSPS) is 21.3. The Morgan fingerprint density at radius 3 is 3.05 bits per heavy atom. The lowest BCUT2D eigenvalue weighted by molar-refractivity contribution is 0.0738. The van der Waals surface area contributed by atoms with Gasteiger partial charge in [-0.15, -0.1) is 11.3 Å². The number of halogens is 1. The van der Waals surface area contributed by atoms with Gasteiger partial charge in [0.1, 0.15) is 10.7 Å². The summed E-state index contributed by atoms with van der Waals surface area (Å²) in [5.41, 5.74) is 7.17. The molecule has 0 spiro atoms. The van der Waals surface area contributed by atoms with Gasteiger partial charge in [-0.25, -0.2) is 4.98 Å². The second-order valence-corrected chi connectivity index (χ2v) is 6.99. The number of hydrogen-bond donors (Lipinski definition) is 1. The first-order chi connectivity index (χ1) is 10.6. The average Bonchev–Trinajstić information content (AvgIpc) is 3.13. The number of hydrogen-bond acceptors (Lipinski definition) is 4. The molecule has 6 heteroatoms. The van der Waals surface area contributed by atoms with Gasteiger partial charge >= 0.3 is 0 Å². The van der Waals surface area contributed by atoms with Gasteiger partial charge in [-0.2, -0.15) is 0 Å². The van der Waals surface area contributed by atoms with Crippen LogP contribution in [-0.2, 0) is 0 Å². The van der Waals surface area contributed by atoms with Crippen LogP contribution in [0.15, 0.2) is 29.6 Å².